The van der Waals surface area contributed by atoms with Gasteiger partial charge >= 0.3 is 0 Å². The van der Waals surface area contributed by atoms with Gasteiger partial charge in [-0.1, -0.05) is 6.92 Å². The zero-order chi connectivity index (χ0) is 11.1. The van der Waals surface area contributed by atoms with Crippen LogP contribution in [0.5, 0.6) is 0 Å². The maximum atomic E-state index is 11.1. The molecule has 4 nitrogen and oxygen atoms in total. The molecule has 80 valence electrons. The van der Waals surface area contributed by atoms with Crippen molar-refractivity contribution >= 4 is 16.6 Å². The maximum Gasteiger partial charge on any atom is 0.127 e. The lowest BCUT2D eigenvalue weighted by molar-refractivity contribution is 0.684. The van der Waals surface area contributed by atoms with Crippen LogP contribution >= 0.6 is 0 Å². The molecule has 0 aromatic carbocycles. The Morgan fingerprint density at radius 3 is 3.13 bits per heavy atom. The lowest BCUT2D eigenvalue weighted by Gasteiger charge is -2.04. The molecule has 5 heteroatoms. The smallest absolute Gasteiger partial charge is 0.127 e. The van der Waals surface area contributed by atoms with E-state index < -0.39 is 10.8 Å². The summed E-state index contributed by atoms with van der Waals surface area (Å²) in [5.74, 6) is 1.93. The Morgan fingerprint density at radius 1 is 1.67 bits per heavy atom. The summed E-state index contributed by atoms with van der Waals surface area (Å²) in [6.45, 7) is 2.51. The lowest BCUT2D eigenvalue weighted by Crippen LogP contribution is -2.12. The second-order valence-electron chi connectivity index (χ2n) is 2.90. The van der Waals surface area contributed by atoms with Crippen LogP contribution in [0.2, 0.25) is 0 Å². The Morgan fingerprint density at radius 2 is 2.47 bits per heavy atom. The van der Waals surface area contributed by atoms with E-state index >= 15 is 0 Å². The zero-order valence-electron chi connectivity index (χ0n) is 8.56. The SMILES string of the molecule is CCS(=O)CCNc1cc(C#N)ccn1. The highest BCUT2D eigenvalue weighted by Crippen LogP contribution is 2.04. The topological polar surface area (TPSA) is 65.8 Å². The van der Waals surface area contributed by atoms with Gasteiger partial charge in [-0.25, -0.2) is 4.98 Å². The monoisotopic (exact) mass is 223 g/mol. The van der Waals surface area contributed by atoms with Crippen molar-refractivity contribution in [2.45, 2.75) is 6.92 Å². The molecule has 0 amide bonds. The highest BCUT2D eigenvalue weighted by molar-refractivity contribution is 7.84. The summed E-state index contributed by atoms with van der Waals surface area (Å²) < 4.78 is 11.1. The summed E-state index contributed by atoms with van der Waals surface area (Å²) in [5.41, 5.74) is 0.573. The number of rotatable bonds is 5. The minimum absolute atomic E-state index is 0.573. The summed E-state index contributed by atoms with van der Waals surface area (Å²) in [6, 6.07) is 5.36. The Kier molecular flexibility index (Phi) is 4.78. The minimum Gasteiger partial charge on any atom is -0.369 e. The number of nitrogens with one attached hydrogen (secondary N) is 1. The minimum atomic E-state index is -0.763. The molecule has 0 aliphatic carbocycles. The lowest BCUT2D eigenvalue weighted by atomic mass is 10.3. The molecule has 1 aromatic heterocycles. The van der Waals surface area contributed by atoms with Gasteiger partial charge in [-0.3, -0.25) is 4.21 Å². The molecule has 1 aromatic rings. The van der Waals surface area contributed by atoms with E-state index in [0.717, 1.165) is 0 Å². The van der Waals surface area contributed by atoms with Crippen molar-refractivity contribution in [3.63, 3.8) is 0 Å². The van der Waals surface area contributed by atoms with Crippen LogP contribution in [0.4, 0.5) is 5.82 Å². The fourth-order valence-corrected chi connectivity index (χ4v) is 1.65. The number of hydrogen-bond donors (Lipinski definition) is 1. The Bertz CT molecular complexity index is 386. The second-order valence-corrected chi connectivity index (χ2v) is 4.77. The molecule has 1 heterocycles. The molecule has 15 heavy (non-hydrogen) atoms. The van der Waals surface area contributed by atoms with Gasteiger partial charge in [0, 0.05) is 35.0 Å². The first-order valence-electron chi connectivity index (χ1n) is 4.71. The molecule has 0 aliphatic heterocycles. The Labute approximate surface area is 91.8 Å². The van der Waals surface area contributed by atoms with Gasteiger partial charge in [0.2, 0.25) is 0 Å². The van der Waals surface area contributed by atoms with Crippen molar-refractivity contribution in [3.8, 4) is 6.07 Å². The van der Waals surface area contributed by atoms with E-state index in [0.29, 0.717) is 29.4 Å². The third-order valence-corrected chi connectivity index (χ3v) is 3.15. The summed E-state index contributed by atoms with van der Waals surface area (Å²) in [5, 5.41) is 11.7. The third kappa shape index (κ3) is 4.09. The molecule has 0 spiro atoms. The number of nitriles is 1. The Hall–Kier alpha value is -1.41. The van der Waals surface area contributed by atoms with Crippen LogP contribution in [0.15, 0.2) is 18.3 Å². The number of aromatic nitrogens is 1. The molecule has 0 aliphatic rings. The molecular weight excluding hydrogens is 210 g/mol. The predicted octanol–water partition coefficient (Wildman–Crippen LogP) is 1.13. The normalized spacial score (nSPS) is 11.7. The molecule has 0 fully saturated rings. The summed E-state index contributed by atoms with van der Waals surface area (Å²) in [4.78, 5) is 4.05. The number of anilines is 1. The average Bonchev–Trinajstić information content (AvgIpc) is 2.29. The first kappa shape index (κ1) is 11.7. The van der Waals surface area contributed by atoms with Crippen LogP contribution in [-0.2, 0) is 10.8 Å². The van der Waals surface area contributed by atoms with Crippen molar-refractivity contribution in [3.05, 3.63) is 23.9 Å². The second kappa shape index (κ2) is 6.14. The molecule has 0 saturated carbocycles. The molecule has 1 rings (SSSR count). The molecular formula is C10H13N3OS. The van der Waals surface area contributed by atoms with Gasteiger partial charge in [-0.05, 0) is 12.1 Å². The summed E-state index contributed by atoms with van der Waals surface area (Å²) in [7, 11) is -0.763. The van der Waals surface area contributed by atoms with Crippen molar-refractivity contribution in [2.24, 2.45) is 0 Å². The molecule has 0 radical (unpaired) electrons. The van der Waals surface area contributed by atoms with Crippen molar-refractivity contribution in [1.82, 2.24) is 4.98 Å². The highest BCUT2D eigenvalue weighted by atomic mass is 32.2. The largest absolute Gasteiger partial charge is 0.369 e. The van der Waals surface area contributed by atoms with Gasteiger partial charge in [0.1, 0.15) is 5.82 Å². The van der Waals surface area contributed by atoms with Gasteiger partial charge in [-0.15, -0.1) is 0 Å². The highest BCUT2D eigenvalue weighted by Gasteiger charge is 1.98. The van der Waals surface area contributed by atoms with E-state index in [1.807, 2.05) is 13.0 Å². The van der Waals surface area contributed by atoms with Gasteiger partial charge in [-0.2, -0.15) is 5.26 Å². The van der Waals surface area contributed by atoms with E-state index in [9.17, 15) is 4.21 Å². The summed E-state index contributed by atoms with van der Waals surface area (Å²) in [6.07, 6.45) is 1.58. The standard InChI is InChI=1S/C10H13N3OS/c1-2-15(14)6-5-13-10-7-9(8-11)3-4-12-10/h3-4,7H,2,5-6H2,1H3,(H,12,13). The molecule has 1 atom stereocenters. The summed E-state index contributed by atoms with van der Waals surface area (Å²) >= 11 is 0. The first-order valence-corrected chi connectivity index (χ1v) is 6.20. The van der Waals surface area contributed by atoms with E-state index in [2.05, 4.69) is 10.3 Å². The average molecular weight is 223 g/mol. The first-order chi connectivity index (χ1) is 7.26. The van der Waals surface area contributed by atoms with Gasteiger partial charge in [0.15, 0.2) is 0 Å². The molecule has 0 bridgehead atoms. The Balaban J connectivity index is 2.44. The van der Waals surface area contributed by atoms with E-state index in [4.69, 9.17) is 5.26 Å². The van der Waals surface area contributed by atoms with Crippen molar-refractivity contribution < 1.29 is 4.21 Å². The number of hydrogen-bond acceptors (Lipinski definition) is 4. The van der Waals surface area contributed by atoms with Gasteiger partial charge in [0.05, 0.1) is 11.6 Å². The van der Waals surface area contributed by atoms with Crippen LogP contribution in [-0.4, -0.2) is 27.2 Å². The van der Waals surface area contributed by atoms with Crippen LogP contribution in [0.1, 0.15) is 12.5 Å². The van der Waals surface area contributed by atoms with E-state index in [-0.39, 0.29) is 0 Å². The third-order valence-electron chi connectivity index (χ3n) is 1.85. The van der Waals surface area contributed by atoms with Gasteiger partial charge < -0.3 is 5.32 Å². The number of nitrogens with zero attached hydrogens (tertiary/aromatic N) is 2. The zero-order valence-corrected chi connectivity index (χ0v) is 9.38. The number of pyridine rings is 1. The van der Waals surface area contributed by atoms with Gasteiger partial charge in [0.25, 0.3) is 0 Å². The maximum absolute atomic E-state index is 11.1. The van der Waals surface area contributed by atoms with Crippen molar-refractivity contribution in [1.29, 1.82) is 5.26 Å². The van der Waals surface area contributed by atoms with Crippen molar-refractivity contribution in [2.75, 3.05) is 23.4 Å². The predicted molar refractivity (Wildman–Crippen MR) is 61.0 cm³/mol. The molecule has 0 saturated heterocycles. The van der Waals surface area contributed by atoms with Crippen LogP contribution < -0.4 is 5.32 Å². The van der Waals surface area contributed by atoms with Crippen LogP contribution in [0, 0.1) is 11.3 Å². The molecule has 1 unspecified atom stereocenters. The van der Waals surface area contributed by atoms with Crippen LogP contribution in [0.25, 0.3) is 0 Å². The fraction of sp³-hybridized carbons (Fsp3) is 0.400. The fourth-order valence-electron chi connectivity index (χ4n) is 1.03. The van der Waals surface area contributed by atoms with Crippen LogP contribution in [0.3, 0.4) is 0 Å². The van der Waals surface area contributed by atoms with E-state index in [1.54, 1.807) is 18.3 Å². The van der Waals surface area contributed by atoms with E-state index in [1.165, 1.54) is 0 Å². The molecule has 1 N–H and O–H groups in total. The quantitative estimate of drug-likeness (QED) is 0.812.